The van der Waals surface area contributed by atoms with Crippen molar-refractivity contribution in [3.8, 4) is 0 Å². The van der Waals surface area contributed by atoms with Crippen molar-refractivity contribution in [3.05, 3.63) is 64.0 Å². The van der Waals surface area contributed by atoms with Crippen LogP contribution < -0.4 is 4.80 Å². The molecule has 0 aliphatic heterocycles. The summed E-state index contributed by atoms with van der Waals surface area (Å²) in [5, 5.41) is 0. The number of carbonyl (C=O) groups excluding carboxylic acids is 1. The number of halogens is 2. The molecule has 4 nitrogen and oxygen atoms in total. The number of fused-ring (bicyclic) bond motifs is 1. The molecule has 1 aromatic heterocycles. The molecule has 7 heteroatoms. The highest BCUT2D eigenvalue weighted by atomic mass is 32.1. The largest absolute Gasteiger partial charge is 0.380 e. The molecule has 0 N–H and O–H groups in total. The van der Waals surface area contributed by atoms with Crippen molar-refractivity contribution >= 4 is 27.5 Å². The minimum absolute atomic E-state index is 0.153. The fourth-order valence-corrected chi connectivity index (χ4v) is 4.05. The van der Waals surface area contributed by atoms with Crippen LogP contribution in [0.5, 0.6) is 0 Å². The van der Waals surface area contributed by atoms with Crippen LogP contribution in [0.15, 0.2) is 41.4 Å². The first-order valence-electron chi connectivity index (χ1n) is 9.23. The molecule has 0 unspecified atom stereocenters. The summed E-state index contributed by atoms with van der Waals surface area (Å²) in [5.74, 6) is -1.66. The van der Waals surface area contributed by atoms with Crippen molar-refractivity contribution in [1.82, 2.24) is 4.57 Å². The second kappa shape index (κ2) is 9.21. The average molecular weight is 404 g/mol. The van der Waals surface area contributed by atoms with Crippen LogP contribution in [0.4, 0.5) is 8.78 Å². The predicted molar refractivity (Wildman–Crippen MR) is 106 cm³/mol. The van der Waals surface area contributed by atoms with E-state index < -0.39 is 11.6 Å². The minimum Gasteiger partial charge on any atom is -0.380 e. The Morgan fingerprint density at radius 3 is 2.54 bits per heavy atom. The molecule has 148 valence electrons. The second-order valence-electron chi connectivity index (χ2n) is 6.32. The Kier molecular flexibility index (Phi) is 6.70. The molecule has 1 amide bonds. The molecule has 0 spiro atoms. The van der Waals surface area contributed by atoms with Crippen LogP contribution >= 0.6 is 11.3 Å². The van der Waals surface area contributed by atoms with Gasteiger partial charge in [-0.3, -0.25) is 4.79 Å². The maximum atomic E-state index is 14.4. The number of aryl methyl sites for hydroxylation is 1. The summed E-state index contributed by atoms with van der Waals surface area (Å²) in [4.78, 5) is 17.0. The highest BCUT2D eigenvalue weighted by Crippen LogP contribution is 2.22. The number of thiazole rings is 1. The van der Waals surface area contributed by atoms with E-state index in [0.717, 1.165) is 29.4 Å². The summed E-state index contributed by atoms with van der Waals surface area (Å²) >= 11 is 1.10. The molecule has 0 radical (unpaired) electrons. The van der Waals surface area contributed by atoms with E-state index in [1.54, 1.807) is 4.57 Å². The number of rotatable bonds is 7. The van der Waals surface area contributed by atoms with Crippen molar-refractivity contribution in [3.63, 3.8) is 0 Å². The van der Waals surface area contributed by atoms with Crippen LogP contribution in [-0.4, -0.2) is 23.7 Å². The summed E-state index contributed by atoms with van der Waals surface area (Å²) in [5.41, 5.74) is 2.30. The molecule has 3 aromatic rings. The predicted octanol–water partition coefficient (Wildman–Crippen LogP) is 4.25. The first kappa shape index (κ1) is 20.4. The van der Waals surface area contributed by atoms with Gasteiger partial charge >= 0.3 is 0 Å². The first-order valence-corrected chi connectivity index (χ1v) is 10.0. The van der Waals surface area contributed by atoms with Gasteiger partial charge in [0, 0.05) is 19.2 Å². The van der Waals surface area contributed by atoms with Gasteiger partial charge in [0.2, 0.25) is 0 Å². The topological polar surface area (TPSA) is 43.6 Å². The number of amides is 1. The standard InChI is InChI=1S/C21H22F2N2O2S/c1-3-14-5-7-15(8-6-14)11-19(26)24-21-25(9-10-27-4-2)20-17(23)12-16(22)13-18(20)28-21/h5-8,12-13H,3-4,9-11H2,1-2H3. The third-order valence-corrected chi connectivity index (χ3v) is 5.39. The van der Waals surface area contributed by atoms with E-state index in [4.69, 9.17) is 4.74 Å². The molecule has 1 heterocycles. The van der Waals surface area contributed by atoms with E-state index in [2.05, 4.69) is 11.9 Å². The third-order valence-electron chi connectivity index (χ3n) is 4.37. The zero-order valence-corrected chi connectivity index (χ0v) is 16.7. The summed E-state index contributed by atoms with van der Waals surface area (Å²) in [7, 11) is 0. The van der Waals surface area contributed by atoms with Crippen LogP contribution in [0.2, 0.25) is 0 Å². The lowest BCUT2D eigenvalue weighted by Crippen LogP contribution is -2.20. The highest BCUT2D eigenvalue weighted by molar-refractivity contribution is 7.16. The van der Waals surface area contributed by atoms with Crippen molar-refractivity contribution in [1.29, 1.82) is 0 Å². The number of ether oxygens (including phenoxy) is 1. The van der Waals surface area contributed by atoms with Crippen LogP contribution in [0.25, 0.3) is 10.2 Å². The minimum atomic E-state index is -0.674. The van der Waals surface area contributed by atoms with E-state index in [9.17, 15) is 13.6 Å². The quantitative estimate of drug-likeness (QED) is 0.553. The Morgan fingerprint density at radius 2 is 1.86 bits per heavy atom. The van der Waals surface area contributed by atoms with Gasteiger partial charge in [0.15, 0.2) is 10.6 Å². The number of nitrogens with zero attached hydrogens (tertiary/aromatic N) is 2. The molecule has 0 saturated heterocycles. The molecule has 0 aliphatic rings. The Hall–Kier alpha value is -2.38. The lowest BCUT2D eigenvalue weighted by Gasteiger charge is -2.06. The molecule has 2 aromatic carbocycles. The summed E-state index contributed by atoms with van der Waals surface area (Å²) in [6, 6.07) is 9.90. The van der Waals surface area contributed by atoms with Crippen LogP contribution in [0.1, 0.15) is 25.0 Å². The van der Waals surface area contributed by atoms with Crippen LogP contribution in [-0.2, 0) is 28.9 Å². The molecule has 0 fully saturated rings. The van der Waals surface area contributed by atoms with Crippen molar-refractivity contribution in [2.24, 2.45) is 4.99 Å². The first-order chi connectivity index (χ1) is 13.5. The van der Waals surface area contributed by atoms with E-state index in [1.807, 2.05) is 31.2 Å². The normalized spacial score (nSPS) is 12.1. The van der Waals surface area contributed by atoms with E-state index in [1.165, 1.54) is 11.6 Å². The van der Waals surface area contributed by atoms with Gasteiger partial charge in [0.05, 0.1) is 23.2 Å². The molecule has 0 bridgehead atoms. The highest BCUT2D eigenvalue weighted by Gasteiger charge is 2.14. The number of benzene rings is 2. The summed E-state index contributed by atoms with van der Waals surface area (Å²) in [6.45, 7) is 5.14. The molecule has 0 aliphatic carbocycles. The fraction of sp³-hybridized carbons (Fsp3) is 0.333. The van der Waals surface area contributed by atoms with Gasteiger partial charge < -0.3 is 9.30 Å². The molecule has 3 rings (SSSR count). The molecular weight excluding hydrogens is 382 g/mol. The monoisotopic (exact) mass is 404 g/mol. The maximum absolute atomic E-state index is 14.4. The zero-order chi connectivity index (χ0) is 20.1. The number of aromatic nitrogens is 1. The SMILES string of the molecule is CCOCCn1c(=NC(=O)Cc2ccc(CC)cc2)sc2cc(F)cc(F)c21. The molecule has 0 atom stereocenters. The zero-order valence-electron chi connectivity index (χ0n) is 15.9. The Labute approximate surface area is 166 Å². The Morgan fingerprint density at radius 1 is 1.14 bits per heavy atom. The lowest BCUT2D eigenvalue weighted by molar-refractivity contribution is -0.117. The number of carbonyl (C=O) groups is 1. The van der Waals surface area contributed by atoms with Crippen molar-refractivity contribution in [2.75, 3.05) is 13.2 Å². The molecule has 28 heavy (non-hydrogen) atoms. The van der Waals surface area contributed by atoms with Crippen molar-refractivity contribution < 1.29 is 18.3 Å². The molecular formula is C21H22F2N2O2S. The maximum Gasteiger partial charge on any atom is 0.252 e. The number of hydrogen-bond donors (Lipinski definition) is 0. The van der Waals surface area contributed by atoms with Gasteiger partial charge in [-0.2, -0.15) is 4.99 Å². The van der Waals surface area contributed by atoms with Gasteiger partial charge in [-0.25, -0.2) is 8.78 Å². The molecule has 0 saturated carbocycles. The smallest absolute Gasteiger partial charge is 0.252 e. The summed E-state index contributed by atoms with van der Waals surface area (Å²) < 4.78 is 35.3. The second-order valence-corrected chi connectivity index (χ2v) is 7.33. The van der Waals surface area contributed by atoms with Crippen LogP contribution in [0, 0.1) is 11.6 Å². The van der Waals surface area contributed by atoms with Crippen LogP contribution in [0.3, 0.4) is 0 Å². The van der Waals surface area contributed by atoms with Gasteiger partial charge in [-0.05, 0) is 30.5 Å². The van der Waals surface area contributed by atoms with Gasteiger partial charge in [-0.15, -0.1) is 0 Å². The summed E-state index contributed by atoms with van der Waals surface area (Å²) in [6.07, 6.45) is 1.09. The lowest BCUT2D eigenvalue weighted by atomic mass is 10.1. The van der Waals surface area contributed by atoms with E-state index >= 15 is 0 Å². The third kappa shape index (κ3) is 4.72. The Bertz CT molecular complexity index is 1040. The van der Waals surface area contributed by atoms with Gasteiger partial charge in [0.1, 0.15) is 5.82 Å². The van der Waals surface area contributed by atoms with Gasteiger partial charge in [0.25, 0.3) is 5.91 Å². The average Bonchev–Trinajstić information content (AvgIpc) is 2.99. The number of hydrogen-bond acceptors (Lipinski definition) is 3. The fourth-order valence-electron chi connectivity index (χ4n) is 2.94. The van der Waals surface area contributed by atoms with Crippen molar-refractivity contribution in [2.45, 2.75) is 33.2 Å². The Balaban J connectivity index is 1.95. The van der Waals surface area contributed by atoms with E-state index in [-0.39, 0.29) is 17.8 Å². The van der Waals surface area contributed by atoms with Gasteiger partial charge in [-0.1, -0.05) is 42.5 Å². The van der Waals surface area contributed by atoms with E-state index in [0.29, 0.717) is 29.3 Å².